The summed E-state index contributed by atoms with van der Waals surface area (Å²) in [6, 6.07) is 11.5. The fourth-order valence-electron chi connectivity index (χ4n) is 2.03. The Labute approximate surface area is 140 Å². The summed E-state index contributed by atoms with van der Waals surface area (Å²) < 4.78 is 24.7. The number of rotatable bonds is 3. The normalized spacial score (nSPS) is 15.5. The smallest absolute Gasteiger partial charge is 0.363 e. The van der Waals surface area contributed by atoms with E-state index in [-0.39, 0.29) is 17.2 Å². The van der Waals surface area contributed by atoms with E-state index in [0.717, 1.165) is 0 Å². The number of carbonyl (C=O) groups excluding carboxylic acids is 1. The lowest BCUT2D eigenvalue weighted by molar-refractivity contribution is -0.129. The molecule has 2 aromatic carbocycles. The molecule has 0 bridgehead atoms. The van der Waals surface area contributed by atoms with Crippen LogP contribution in [-0.4, -0.2) is 19.0 Å². The zero-order valence-corrected chi connectivity index (χ0v) is 13.6. The Morgan fingerprint density at radius 1 is 1.22 bits per heavy atom. The molecule has 23 heavy (non-hydrogen) atoms. The summed E-state index contributed by atoms with van der Waals surface area (Å²) in [5.74, 6) is -0.196. The first-order chi connectivity index (χ1) is 11.1. The summed E-state index contributed by atoms with van der Waals surface area (Å²) in [5, 5.41) is 0. The molecule has 4 nitrogen and oxygen atoms in total. The highest BCUT2D eigenvalue weighted by Gasteiger charge is 2.24. The van der Waals surface area contributed by atoms with Gasteiger partial charge < -0.3 is 9.47 Å². The maximum atomic E-state index is 13.8. The molecule has 3 rings (SSSR count). The van der Waals surface area contributed by atoms with Crippen molar-refractivity contribution in [1.29, 1.82) is 0 Å². The fourth-order valence-corrected chi connectivity index (χ4v) is 2.37. The van der Waals surface area contributed by atoms with Crippen LogP contribution in [0, 0.1) is 5.82 Å². The molecule has 6 heteroatoms. The number of carbonyl (C=O) groups is 1. The topological polar surface area (TPSA) is 47.9 Å². The SMILES string of the molecule is COc1ccc(C2=N/C(=C\c3ccc(Br)cc3F)C(=O)O2)cc1. The second-order valence-corrected chi connectivity index (χ2v) is 5.65. The molecule has 0 saturated heterocycles. The van der Waals surface area contributed by atoms with Crippen LogP contribution in [-0.2, 0) is 9.53 Å². The zero-order valence-electron chi connectivity index (χ0n) is 12.0. The van der Waals surface area contributed by atoms with E-state index in [9.17, 15) is 9.18 Å². The second kappa shape index (κ2) is 6.34. The van der Waals surface area contributed by atoms with Gasteiger partial charge in [0.15, 0.2) is 5.70 Å². The highest BCUT2D eigenvalue weighted by Crippen LogP contribution is 2.23. The molecule has 0 radical (unpaired) electrons. The van der Waals surface area contributed by atoms with Crippen molar-refractivity contribution < 1.29 is 18.7 Å². The van der Waals surface area contributed by atoms with Gasteiger partial charge >= 0.3 is 5.97 Å². The summed E-state index contributed by atoms with van der Waals surface area (Å²) >= 11 is 3.18. The minimum absolute atomic E-state index is 0.0528. The molecule has 1 aliphatic heterocycles. The zero-order chi connectivity index (χ0) is 16.4. The standard InChI is InChI=1S/C17H11BrFNO3/c1-22-13-6-3-10(4-7-13)16-20-15(17(21)23-16)8-11-2-5-12(18)9-14(11)19/h2-9H,1H3/b15-8-. The molecule has 0 unspecified atom stereocenters. The van der Waals surface area contributed by atoms with Gasteiger partial charge in [-0.25, -0.2) is 14.2 Å². The Kier molecular flexibility index (Phi) is 4.25. The number of halogens is 2. The molecule has 1 heterocycles. The quantitative estimate of drug-likeness (QED) is 0.602. The fraction of sp³-hybridized carbons (Fsp3) is 0.0588. The Morgan fingerprint density at radius 3 is 2.61 bits per heavy atom. The average molecular weight is 376 g/mol. The highest BCUT2D eigenvalue weighted by molar-refractivity contribution is 9.10. The van der Waals surface area contributed by atoms with Gasteiger partial charge in [0.25, 0.3) is 0 Å². The first-order valence-corrected chi connectivity index (χ1v) is 7.48. The van der Waals surface area contributed by atoms with Crippen molar-refractivity contribution in [3.63, 3.8) is 0 Å². The molecule has 0 fully saturated rings. The number of benzene rings is 2. The summed E-state index contributed by atoms with van der Waals surface area (Å²) in [6.07, 6.45) is 1.36. The van der Waals surface area contributed by atoms with Crippen LogP contribution in [0.4, 0.5) is 4.39 Å². The third kappa shape index (κ3) is 3.32. The van der Waals surface area contributed by atoms with Crippen molar-refractivity contribution in [1.82, 2.24) is 0 Å². The minimum Gasteiger partial charge on any atom is -0.497 e. The monoisotopic (exact) mass is 375 g/mol. The second-order valence-electron chi connectivity index (χ2n) is 4.73. The van der Waals surface area contributed by atoms with Gasteiger partial charge in [-0.15, -0.1) is 0 Å². The van der Waals surface area contributed by atoms with E-state index in [4.69, 9.17) is 9.47 Å². The van der Waals surface area contributed by atoms with Gasteiger partial charge in [-0.2, -0.15) is 0 Å². The minimum atomic E-state index is -0.613. The lowest BCUT2D eigenvalue weighted by atomic mass is 10.2. The number of aliphatic imine (C=N–C) groups is 1. The van der Waals surface area contributed by atoms with Crippen molar-refractivity contribution in [2.75, 3.05) is 7.11 Å². The predicted molar refractivity (Wildman–Crippen MR) is 87.7 cm³/mol. The van der Waals surface area contributed by atoms with Crippen LogP contribution in [0.3, 0.4) is 0 Å². The summed E-state index contributed by atoms with van der Waals surface area (Å²) in [5.41, 5.74) is 0.954. The third-order valence-electron chi connectivity index (χ3n) is 3.21. The van der Waals surface area contributed by atoms with Crippen LogP contribution < -0.4 is 4.74 Å². The molecule has 116 valence electrons. The average Bonchev–Trinajstić information content (AvgIpc) is 2.91. The molecular formula is C17H11BrFNO3. The summed E-state index contributed by atoms with van der Waals surface area (Å²) in [6.45, 7) is 0. The van der Waals surface area contributed by atoms with Gasteiger partial charge in [-0.1, -0.05) is 22.0 Å². The molecule has 0 spiro atoms. The van der Waals surface area contributed by atoms with Crippen molar-refractivity contribution in [3.8, 4) is 5.75 Å². The third-order valence-corrected chi connectivity index (χ3v) is 3.71. The van der Waals surface area contributed by atoms with E-state index < -0.39 is 11.8 Å². The molecule has 0 N–H and O–H groups in total. The van der Waals surface area contributed by atoms with Crippen molar-refractivity contribution >= 4 is 33.9 Å². The van der Waals surface area contributed by atoms with E-state index in [2.05, 4.69) is 20.9 Å². The van der Waals surface area contributed by atoms with Crippen molar-refractivity contribution in [3.05, 3.63) is 69.6 Å². The molecule has 0 aromatic heterocycles. The lowest BCUT2D eigenvalue weighted by Gasteiger charge is -2.01. The van der Waals surface area contributed by atoms with E-state index in [1.165, 1.54) is 12.1 Å². The molecule has 0 atom stereocenters. The molecule has 1 aliphatic rings. The van der Waals surface area contributed by atoms with Crippen LogP contribution in [0.15, 0.2) is 57.6 Å². The van der Waals surface area contributed by atoms with Crippen LogP contribution >= 0.6 is 15.9 Å². The highest BCUT2D eigenvalue weighted by atomic mass is 79.9. The number of hydrogen-bond donors (Lipinski definition) is 0. The van der Waals surface area contributed by atoms with Gasteiger partial charge in [0.2, 0.25) is 5.90 Å². The maximum Gasteiger partial charge on any atom is 0.363 e. The van der Waals surface area contributed by atoms with Gasteiger partial charge in [0.05, 0.1) is 7.11 Å². The van der Waals surface area contributed by atoms with Crippen LogP contribution in [0.1, 0.15) is 11.1 Å². The first-order valence-electron chi connectivity index (χ1n) is 6.69. The lowest BCUT2D eigenvalue weighted by Crippen LogP contribution is -2.05. The van der Waals surface area contributed by atoms with E-state index in [1.54, 1.807) is 43.5 Å². The van der Waals surface area contributed by atoms with Crippen LogP contribution in [0.5, 0.6) is 5.75 Å². The molecule has 2 aromatic rings. The number of nitrogens with zero attached hydrogens (tertiary/aromatic N) is 1. The van der Waals surface area contributed by atoms with Crippen LogP contribution in [0.25, 0.3) is 6.08 Å². The number of esters is 1. The summed E-state index contributed by atoms with van der Waals surface area (Å²) in [4.78, 5) is 16.0. The number of cyclic esters (lactones) is 1. The van der Waals surface area contributed by atoms with Crippen LogP contribution in [0.2, 0.25) is 0 Å². The van der Waals surface area contributed by atoms with Crippen molar-refractivity contribution in [2.24, 2.45) is 4.99 Å². The Morgan fingerprint density at radius 2 is 1.96 bits per heavy atom. The Balaban J connectivity index is 1.92. The number of methoxy groups -OCH3 is 1. The molecule has 0 amide bonds. The largest absolute Gasteiger partial charge is 0.497 e. The van der Waals surface area contributed by atoms with E-state index in [0.29, 0.717) is 15.8 Å². The van der Waals surface area contributed by atoms with Crippen molar-refractivity contribution in [2.45, 2.75) is 0 Å². The van der Waals surface area contributed by atoms with Gasteiger partial charge in [-0.05, 0) is 42.5 Å². The summed E-state index contributed by atoms with van der Waals surface area (Å²) in [7, 11) is 1.57. The number of ether oxygens (including phenoxy) is 2. The molecule has 0 saturated carbocycles. The van der Waals surface area contributed by atoms with Gasteiger partial charge in [0, 0.05) is 15.6 Å². The van der Waals surface area contributed by atoms with E-state index >= 15 is 0 Å². The Bertz CT molecular complexity index is 828. The Hall–Kier alpha value is -2.47. The van der Waals surface area contributed by atoms with E-state index in [1.807, 2.05) is 0 Å². The number of hydrogen-bond acceptors (Lipinski definition) is 4. The molecular weight excluding hydrogens is 365 g/mol. The maximum absolute atomic E-state index is 13.8. The predicted octanol–water partition coefficient (Wildman–Crippen LogP) is 3.94. The van der Waals surface area contributed by atoms with Gasteiger partial charge in [0.1, 0.15) is 11.6 Å². The molecule has 0 aliphatic carbocycles. The van der Waals surface area contributed by atoms with Gasteiger partial charge in [-0.3, -0.25) is 0 Å². The first kappa shape index (κ1) is 15.4.